The van der Waals surface area contributed by atoms with Crippen molar-refractivity contribution < 1.29 is 14.3 Å². The van der Waals surface area contributed by atoms with Crippen LogP contribution in [-0.4, -0.2) is 59.0 Å². The summed E-state index contributed by atoms with van der Waals surface area (Å²) in [6.07, 6.45) is 9.55. The zero-order valence-electron chi connectivity index (χ0n) is 26.8. The maximum Gasteiger partial charge on any atom is 0.255 e. The number of carbonyl (C=O) groups excluding carboxylic acids is 1. The molecule has 45 heavy (non-hydrogen) atoms. The fourth-order valence-electron chi connectivity index (χ4n) is 5.79. The number of nitrogens with zero attached hydrogens (tertiary/aromatic N) is 4. The van der Waals surface area contributed by atoms with Crippen molar-refractivity contribution in [2.75, 3.05) is 43.9 Å². The molecule has 5 rings (SSSR count). The molecular formula is C36H44N6O3. The highest BCUT2D eigenvalue weighted by Gasteiger charge is 2.19. The Bertz CT molecular complexity index is 1580. The number of benzene rings is 2. The molecule has 0 saturated heterocycles. The van der Waals surface area contributed by atoms with Gasteiger partial charge in [-0.3, -0.25) is 4.79 Å². The minimum absolute atomic E-state index is 0.239. The van der Waals surface area contributed by atoms with E-state index in [9.17, 15) is 4.79 Å². The van der Waals surface area contributed by atoms with Crippen LogP contribution in [0.15, 0.2) is 67.0 Å². The van der Waals surface area contributed by atoms with Crippen molar-refractivity contribution >= 4 is 17.5 Å². The molecule has 236 valence electrons. The van der Waals surface area contributed by atoms with E-state index in [4.69, 9.17) is 14.5 Å². The Hall–Kier alpha value is -4.50. The Morgan fingerprint density at radius 2 is 1.78 bits per heavy atom. The van der Waals surface area contributed by atoms with Crippen LogP contribution in [0.1, 0.15) is 73.4 Å². The maximum absolute atomic E-state index is 13.5. The van der Waals surface area contributed by atoms with Gasteiger partial charge in [-0.2, -0.15) is 0 Å². The molecule has 0 atom stereocenters. The molecule has 1 aliphatic carbocycles. The number of hydrogen-bond acceptors (Lipinski definition) is 8. The molecule has 1 aliphatic rings. The van der Waals surface area contributed by atoms with Gasteiger partial charge in [-0.15, -0.1) is 0 Å². The first-order valence-electron chi connectivity index (χ1n) is 16.0. The van der Waals surface area contributed by atoms with Gasteiger partial charge in [-0.05, 0) is 92.4 Å². The van der Waals surface area contributed by atoms with Crippen molar-refractivity contribution in [2.45, 2.75) is 58.8 Å². The zero-order valence-corrected chi connectivity index (χ0v) is 26.8. The van der Waals surface area contributed by atoms with Gasteiger partial charge in [0.2, 0.25) is 11.8 Å². The van der Waals surface area contributed by atoms with Crippen LogP contribution in [0.25, 0.3) is 11.3 Å². The number of anilines is 2. The highest BCUT2D eigenvalue weighted by molar-refractivity contribution is 6.05. The summed E-state index contributed by atoms with van der Waals surface area (Å²) in [7, 11) is 1.62. The van der Waals surface area contributed by atoms with Crippen LogP contribution in [0.4, 0.5) is 11.6 Å². The second-order valence-electron chi connectivity index (χ2n) is 11.4. The quantitative estimate of drug-likeness (QED) is 0.159. The number of ether oxygens (including phenoxy) is 2. The number of aryl methyl sites for hydroxylation is 1. The largest absolute Gasteiger partial charge is 0.495 e. The molecule has 1 saturated carbocycles. The predicted molar refractivity (Wildman–Crippen MR) is 180 cm³/mol. The van der Waals surface area contributed by atoms with Gasteiger partial charge in [0.15, 0.2) is 0 Å². The van der Waals surface area contributed by atoms with Gasteiger partial charge in [-0.1, -0.05) is 45.2 Å². The lowest BCUT2D eigenvalue weighted by Crippen LogP contribution is -2.28. The molecule has 4 aromatic rings. The third-order valence-electron chi connectivity index (χ3n) is 8.51. The zero-order chi connectivity index (χ0) is 31.6. The van der Waals surface area contributed by atoms with Crippen molar-refractivity contribution in [1.29, 1.82) is 0 Å². The average Bonchev–Trinajstić information content (AvgIpc) is 3.08. The number of amides is 1. The van der Waals surface area contributed by atoms with Gasteiger partial charge in [-0.25, -0.2) is 15.0 Å². The van der Waals surface area contributed by atoms with Gasteiger partial charge in [0, 0.05) is 31.0 Å². The third-order valence-corrected chi connectivity index (χ3v) is 8.51. The smallest absolute Gasteiger partial charge is 0.255 e. The minimum Gasteiger partial charge on any atom is -0.495 e. The van der Waals surface area contributed by atoms with Crippen LogP contribution < -0.4 is 20.1 Å². The summed E-state index contributed by atoms with van der Waals surface area (Å²) in [5.74, 6) is 2.39. The van der Waals surface area contributed by atoms with Crippen molar-refractivity contribution in [3.05, 3.63) is 83.7 Å². The van der Waals surface area contributed by atoms with Crippen molar-refractivity contribution in [3.8, 4) is 28.6 Å². The van der Waals surface area contributed by atoms with Gasteiger partial charge in [0.25, 0.3) is 5.91 Å². The van der Waals surface area contributed by atoms with Gasteiger partial charge in [0.1, 0.15) is 11.5 Å². The lowest BCUT2D eigenvalue weighted by atomic mass is 9.84. The van der Waals surface area contributed by atoms with Crippen molar-refractivity contribution in [1.82, 2.24) is 19.9 Å². The first-order chi connectivity index (χ1) is 22.0. The number of likely N-dealkylation sites (N-methyl/N-ethyl adjacent to an activating group) is 1. The van der Waals surface area contributed by atoms with E-state index < -0.39 is 0 Å². The molecule has 0 bridgehead atoms. The number of methoxy groups -OCH3 is 1. The Morgan fingerprint density at radius 3 is 2.56 bits per heavy atom. The average molecular weight is 609 g/mol. The molecule has 2 aromatic heterocycles. The fraction of sp³-hybridized carbons (Fsp3) is 0.389. The monoisotopic (exact) mass is 608 g/mol. The van der Waals surface area contributed by atoms with E-state index >= 15 is 0 Å². The summed E-state index contributed by atoms with van der Waals surface area (Å²) in [4.78, 5) is 29.5. The van der Waals surface area contributed by atoms with Crippen LogP contribution in [0, 0.1) is 6.92 Å². The topological polar surface area (TPSA) is 102 Å². The minimum atomic E-state index is -0.239. The Labute approximate surface area is 266 Å². The number of carbonyl (C=O) groups is 1. The summed E-state index contributed by atoms with van der Waals surface area (Å²) in [5, 5.41) is 6.40. The summed E-state index contributed by atoms with van der Waals surface area (Å²) in [5.41, 5.74) is 4.68. The molecule has 0 aliphatic heterocycles. The first-order valence-corrected chi connectivity index (χ1v) is 16.0. The van der Waals surface area contributed by atoms with E-state index in [2.05, 4.69) is 51.5 Å². The highest BCUT2D eigenvalue weighted by atomic mass is 16.5. The summed E-state index contributed by atoms with van der Waals surface area (Å²) in [6, 6.07) is 17.2. The maximum atomic E-state index is 13.5. The molecule has 0 unspecified atom stereocenters. The van der Waals surface area contributed by atoms with Crippen LogP contribution in [0.2, 0.25) is 0 Å². The van der Waals surface area contributed by atoms with Crippen molar-refractivity contribution in [3.63, 3.8) is 0 Å². The van der Waals surface area contributed by atoms with Crippen LogP contribution >= 0.6 is 0 Å². The number of rotatable bonds is 13. The van der Waals surface area contributed by atoms with Gasteiger partial charge < -0.3 is 25.0 Å². The summed E-state index contributed by atoms with van der Waals surface area (Å²) < 4.78 is 11.9. The van der Waals surface area contributed by atoms with Gasteiger partial charge in [0.05, 0.1) is 24.1 Å². The van der Waals surface area contributed by atoms with E-state index in [0.717, 1.165) is 37.3 Å². The number of hydrogen-bond donors (Lipinski definition) is 2. The Morgan fingerprint density at radius 1 is 0.956 bits per heavy atom. The molecule has 1 amide bonds. The lowest BCUT2D eigenvalue weighted by molar-refractivity contribution is 0.102. The molecule has 9 heteroatoms. The SMILES string of the molecule is CCN(CC)CCNc1nccc(-c2cccnc2Oc2cc(C(=O)Nc3cc(C4CCCCC4)ccc3OC)ccc2C)n1. The van der Waals surface area contributed by atoms with E-state index in [0.29, 0.717) is 46.2 Å². The fourth-order valence-corrected chi connectivity index (χ4v) is 5.79. The first kappa shape index (κ1) is 31.9. The molecule has 0 spiro atoms. The summed E-state index contributed by atoms with van der Waals surface area (Å²) in [6.45, 7) is 9.90. The van der Waals surface area contributed by atoms with Crippen LogP contribution in [0.5, 0.6) is 17.4 Å². The second-order valence-corrected chi connectivity index (χ2v) is 11.4. The molecule has 1 fully saturated rings. The molecule has 2 N–H and O–H groups in total. The molecule has 0 radical (unpaired) electrons. The second kappa shape index (κ2) is 15.5. The van der Waals surface area contributed by atoms with E-state index in [1.165, 1.54) is 37.7 Å². The Kier molecular flexibility index (Phi) is 11.0. The third kappa shape index (κ3) is 8.16. The normalized spacial score (nSPS) is 13.4. The van der Waals surface area contributed by atoms with Gasteiger partial charge >= 0.3 is 0 Å². The van der Waals surface area contributed by atoms with Crippen LogP contribution in [-0.2, 0) is 0 Å². The highest BCUT2D eigenvalue weighted by Crippen LogP contribution is 2.37. The van der Waals surface area contributed by atoms with E-state index in [1.54, 1.807) is 31.6 Å². The lowest BCUT2D eigenvalue weighted by Gasteiger charge is -2.23. The Balaban J connectivity index is 1.33. The van der Waals surface area contributed by atoms with E-state index in [-0.39, 0.29) is 5.91 Å². The van der Waals surface area contributed by atoms with Crippen LogP contribution in [0.3, 0.4) is 0 Å². The van der Waals surface area contributed by atoms with Crippen molar-refractivity contribution in [2.24, 2.45) is 0 Å². The molecule has 2 aromatic carbocycles. The predicted octanol–water partition coefficient (Wildman–Crippen LogP) is 7.70. The number of aromatic nitrogens is 3. The molecule has 2 heterocycles. The number of nitrogens with one attached hydrogen (secondary N) is 2. The molecular weight excluding hydrogens is 564 g/mol. The summed E-state index contributed by atoms with van der Waals surface area (Å²) >= 11 is 0. The number of pyridine rings is 1. The molecule has 9 nitrogen and oxygen atoms in total. The van der Waals surface area contributed by atoms with E-state index in [1.807, 2.05) is 37.3 Å². The standard InChI is InChI=1S/C36H44N6O3/c1-5-42(6-2)22-21-39-36-38-20-18-30(41-36)29-13-10-19-37-35(29)45-33-24-28(15-14-25(33)3)34(43)40-31-23-27(16-17-32(31)44-4)26-11-8-7-9-12-26/h10,13-20,23-24,26H,5-9,11-12,21-22H2,1-4H3,(H,40,43)(H,38,39,41).